The summed E-state index contributed by atoms with van der Waals surface area (Å²) in [4.78, 5) is 13.9. The Balaban J connectivity index is 0. The summed E-state index contributed by atoms with van der Waals surface area (Å²) in [7, 11) is 3.91. The van der Waals surface area contributed by atoms with Crippen LogP contribution in [0.2, 0.25) is 0 Å². The third-order valence-corrected chi connectivity index (χ3v) is 2.89. The van der Waals surface area contributed by atoms with Gasteiger partial charge in [0.15, 0.2) is 0 Å². The van der Waals surface area contributed by atoms with E-state index < -0.39 is 0 Å². The molecule has 1 fully saturated rings. The van der Waals surface area contributed by atoms with Gasteiger partial charge >= 0.3 is 0 Å². The SMILES string of the molecule is CC(C)[C@H](C(=O)NCC1CNC1)N(C)C.Cl.Cl. The number of rotatable bonds is 5. The molecule has 0 saturated carbocycles. The summed E-state index contributed by atoms with van der Waals surface area (Å²) >= 11 is 0. The van der Waals surface area contributed by atoms with Crippen LogP contribution in [0.15, 0.2) is 0 Å². The van der Waals surface area contributed by atoms with Crippen molar-refractivity contribution in [2.45, 2.75) is 19.9 Å². The maximum absolute atomic E-state index is 11.9. The molecule has 1 atom stereocenters. The molecule has 0 aromatic heterocycles. The van der Waals surface area contributed by atoms with Gasteiger partial charge in [0.05, 0.1) is 6.04 Å². The van der Waals surface area contributed by atoms with Gasteiger partial charge in [0.1, 0.15) is 0 Å². The fraction of sp³-hybridized carbons (Fsp3) is 0.909. The standard InChI is InChI=1S/C11H23N3O.2ClH/c1-8(2)10(14(3)4)11(15)13-7-9-5-12-6-9;;/h8-10,12H,5-7H2,1-4H3,(H,13,15);2*1H/t10-;;/m1../s1. The molecule has 1 aliphatic rings. The number of nitrogens with zero attached hydrogens (tertiary/aromatic N) is 1. The van der Waals surface area contributed by atoms with Gasteiger partial charge in [-0.3, -0.25) is 9.69 Å². The molecular weight excluding hydrogens is 261 g/mol. The minimum atomic E-state index is -0.0157. The summed E-state index contributed by atoms with van der Waals surface area (Å²) in [6, 6.07) is -0.0157. The molecule has 1 heterocycles. The van der Waals surface area contributed by atoms with Crippen molar-refractivity contribution < 1.29 is 4.79 Å². The molecule has 1 rings (SSSR count). The highest BCUT2D eigenvalue weighted by Crippen LogP contribution is 2.08. The number of halogens is 2. The van der Waals surface area contributed by atoms with Gasteiger partial charge in [-0.15, -0.1) is 24.8 Å². The van der Waals surface area contributed by atoms with Crippen LogP contribution >= 0.6 is 24.8 Å². The van der Waals surface area contributed by atoms with Crippen molar-refractivity contribution in [1.29, 1.82) is 0 Å². The number of likely N-dealkylation sites (N-methyl/N-ethyl adjacent to an activating group) is 1. The molecule has 104 valence electrons. The molecule has 0 bridgehead atoms. The monoisotopic (exact) mass is 285 g/mol. The average molecular weight is 286 g/mol. The lowest BCUT2D eigenvalue weighted by molar-refractivity contribution is -0.127. The zero-order valence-electron chi connectivity index (χ0n) is 11.0. The molecule has 0 unspecified atom stereocenters. The van der Waals surface area contributed by atoms with Crippen LogP contribution in [-0.2, 0) is 4.79 Å². The third-order valence-electron chi connectivity index (χ3n) is 2.89. The molecule has 0 radical (unpaired) electrons. The van der Waals surface area contributed by atoms with E-state index in [4.69, 9.17) is 0 Å². The van der Waals surface area contributed by atoms with E-state index in [2.05, 4.69) is 24.5 Å². The summed E-state index contributed by atoms with van der Waals surface area (Å²) in [5.74, 6) is 1.13. The quantitative estimate of drug-likeness (QED) is 0.784. The predicted molar refractivity (Wildman–Crippen MR) is 76.2 cm³/mol. The fourth-order valence-electron chi connectivity index (χ4n) is 1.98. The summed E-state index contributed by atoms with van der Waals surface area (Å²) in [6.07, 6.45) is 0. The van der Waals surface area contributed by atoms with Crippen LogP contribution in [-0.4, -0.2) is 50.6 Å². The maximum atomic E-state index is 11.9. The number of amides is 1. The van der Waals surface area contributed by atoms with E-state index in [9.17, 15) is 4.79 Å². The van der Waals surface area contributed by atoms with E-state index in [0.717, 1.165) is 19.6 Å². The Kier molecular flexibility index (Phi) is 10.2. The Morgan fingerprint density at radius 3 is 2.18 bits per heavy atom. The van der Waals surface area contributed by atoms with Gasteiger partial charge in [-0.1, -0.05) is 13.8 Å². The van der Waals surface area contributed by atoms with Gasteiger partial charge in [-0.25, -0.2) is 0 Å². The summed E-state index contributed by atoms with van der Waals surface area (Å²) in [5, 5.41) is 6.22. The van der Waals surface area contributed by atoms with Crippen LogP contribution in [0.25, 0.3) is 0 Å². The molecule has 4 nitrogen and oxygen atoms in total. The van der Waals surface area contributed by atoms with Gasteiger partial charge in [0.25, 0.3) is 0 Å². The van der Waals surface area contributed by atoms with Crippen LogP contribution in [0.5, 0.6) is 0 Å². The normalized spacial score (nSPS) is 16.8. The van der Waals surface area contributed by atoms with Crippen LogP contribution in [0.4, 0.5) is 0 Å². The first-order chi connectivity index (χ1) is 7.02. The number of carbonyl (C=O) groups excluding carboxylic acids is 1. The lowest BCUT2D eigenvalue weighted by Gasteiger charge is -2.30. The largest absolute Gasteiger partial charge is 0.354 e. The Bertz CT molecular complexity index is 213. The van der Waals surface area contributed by atoms with Gasteiger partial charge in [0, 0.05) is 25.6 Å². The van der Waals surface area contributed by atoms with E-state index in [1.807, 2.05) is 19.0 Å². The molecular formula is C11H25Cl2N3O. The molecule has 1 saturated heterocycles. The van der Waals surface area contributed by atoms with E-state index in [0.29, 0.717) is 11.8 Å². The molecule has 2 N–H and O–H groups in total. The topological polar surface area (TPSA) is 44.4 Å². The molecule has 0 aromatic carbocycles. The van der Waals surface area contributed by atoms with Crippen LogP contribution < -0.4 is 10.6 Å². The van der Waals surface area contributed by atoms with Crippen molar-refractivity contribution in [1.82, 2.24) is 15.5 Å². The Morgan fingerprint density at radius 2 is 1.88 bits per heavy atom. The summed E-state index contributed by atoms with van der Waals surface area (Å²) < 4.78 is 0. The van der Waals surface area contributed by atoms with Crippen LogP contribution in [0, 0.1) is 11.8 Å². The van der Waals surface area contributed by atoms with Gasteiger partial charge < -0.3 is 10.6 Å². The van der Waals surface area contributed by atoms with Crippen molar-refractivity contribution in [3.8, 4) is 0 Å². The van der Waals surface area contributed by atoms with Crippen molar-refractivity contribution >= 4 is 30.7 Å². The lowest BCUT2D eigenvalue weighted by atomic mass is 10.0. The molecule has 0 aliphatic carbocycles. The maximum Gasteiger partial charge on any atom is 0.237 e. The van der Waals surface area contributed by atoms with Crippen molar-refractivity contribution in [2.24, 2.45) is 11.8 Å². The molecule has 1 amide bonds. The van der Waals surface area contributed by atoms with Crippen molar-refractivity contribution in [3.63, 3.8) is 0 Å². The minimum absolute atomic E-state index is 0. The Hall–Kier alpha value is -0.0300. The van der Waals surface area contributed by atoms with E-state index in [-0.39, 0.29) is 36.8 Å². The zero-order chi connectivity index (χ0) is 11.4. The zero-order valence-corrected chi connectivity index (χ0v) is 12.7. The first kappa shape index (κ1) is 19.3. The molecule has 0 spiro atoms. The second-order valence-corrected chi connectivity index (χ2v) is 4.92. The predicted octanol–water partition coefficient (Wildman–Crippen LogP) is 0.752. The molecule has 6 heteroatoms. The fourth-order valence-corrected chi connectivity index (χ4v) is 1.98. The van der Waals surface area contributed by atoms with Gasteiger partial charge in [-0.2, -0.15) is 0 Å². The number of carbonyl (C=O) groups is 1. The summed E-state index contributed by atoms with van der Waals surface area (Å²) in [6.45, 7) is 7.04. The highest BCUT2D eigenvalue weighted by Gasteiger charge is 2.25. The average Bonchev–Trinajstić information content (AvgIpc) is 1.99. The number of hydrogen-bond donors (Lipinski definition) is 2. The van der Waals surface area contributed by atoms with Crippen LogP contribution in [0.3, 0.4) is 0 Å². The summed E-state index contributed by atoms with van der Waals surface area (Å²) in [5.41, 5.74) is 0. The third kappa shape index (κ3) is 5.91. The minimum Gasteiger partial charge on any atom is -0.354 e. The molecule has 0 aromatic rings. The number of nitrogens with one attached hydrogen (secondary N) is 2. The molecule has 1 aliphatic heterocycles. The highest BCUT2D eigenvalue weighted by atomic mass is 35.5. The van der Waals surface area contributed by atoms with E-state index in [1.165, 1.54) is 0 Å². The number of hydrogen-bond acceptors (Lipinski definition) is 3. The van der Waals surface area contributed by atoms with E-state index >= 15 is 0 Å². The molecule has 17 heavy (non-hydrogen) atoms. The van der Waals surface area contributed by atoms with Gasteiger partial charge in [0.2, 0.25) is 5.91 Å². The second-order valence-electron chi connectivity index (χ2n) is 4.92. The first-order valence-corrected chi connectivity index (χ1v) is 5.67. The first-order valence-electron chi connectivity index (χ1n) is 5.67. The highest BCUT2D eigenvalue weighted by molar-refractivity contribution is 5.85. The smallest absolute Gasteiger partial charge is 0.237 e. The van der Waals surface area contributed by atoms with Gasteiger partial charge in [-0.05, 0) is 20.0 Å². The van der Waals surface area contributed by atoms with Crippen molar-refractivity contribution in [2.75, 3.05) is 33.7 Å². The van der Waals surface area contributed by atoms with Crippen molar-refractivity contribution in [3.05, 3.63) is 0 Å². The second kappa shape index (κ2) is 8.97. The Labute approximate surface area is 117 Å². The van der Waals surface area contributed by atoms with E-state index in [1.54, 1.807) is 0 Å². The van der Waals surface area contributed by atoms with Crippen LogP contribution in [0.1, 0.15) is 13.8 Å². The lowest BCUT2D eigenvalue weighted by Crippen LogP contribution is -2.52. The Morgan fingerprint density at radius 1 is 1.35 bits per heavy atom.